The van der Waals surface area contributed by atoms with Crippen molar-refractivity contribution >= 4 is 23.4 Å². The maximum absolute atomic E-state index is 14.1. The van der Waals surface area contributed by atoms with E-state index in [0.29, 0.717) is 18.0 Å². The van der Waals surface area contributed by atoms with E-state index < -0.39 is 0 Å². The highest BCUT2D eigenvalue weighted by atomic mass is 35.5. The minimum Gasteiger partial charge on any atom is -0.325 e. The number of hydrogen-bond acceptors (Lipinski definition) is 2. The third kappa shape index (κ3) is 3.17. The van der Waals surface area contributed by atoms with Crippen LogP contribution in [0.2, 0.25) is 0 Å². The van der Waals surface area contributed by atoms with Gasteiger partial charge in [-0.25, -0.2) is 9.37 Å². The summed E-state index contributed by atoms with van der Waals surface area (Å²) in [5.74, 6) is 0.360. The Morgan fingerprint density at radius 1 is 1.12 bits per heavy atom. The third-order valence-corrected chi connectivity index (χ3v) is 4.73. The zero-order valence-corrected chi connectivity index (χ0v) is 14.2. The molecule has 0 bridgehead atoms. The second-order valence-electron chi connectivity index (χ2n) is 6.19. The Balaban J connectivity index is 0.00000169. The van der Waals surface area contributed by atoms with Crippen LogP contribution in [0.5, 0.6) is 0 Å². The topological polar surface area (TPSA) is 29.9 Å². The summed E-state index contributed by atoms with van der Waals surface area (Å²) in [6, 6.07) is 13.3. The third-order valence-electron chi connectivity index (χ3n) is 4.73. The molecule has 1 aromatic carbocycles. The molecular weight excluding hydrogens is 325 g/mol. The van der Waals surface area contributed by atoms with Gasteiger partial charge in [0.05, 0.1) is 6.54 Å². The van der Waals surface area contributed by atoms with E-state index in [-0.39, 0.29) is 18.2 Å². The number of halogens is 2. The van der Waals surface area contributed by atoms with Crippen LogP contribution < -0.4 is 5.32 Å². The van der Waals surface area contributed by atoms with E-state index in [1.54, 1.807) is 6.07 Å². The molecule has 0 amide bonds. The fraction of sp³-hybridized carbons (Fsp3) is 0.316. The van der Waals surface area contributed by atoms with Gasteiger partial charge in [0.1, 0.15) is 11.5 Å². The smallest absolute Gasteiger partial charge is 0.140 e. The van der Waals surface area contributed by atoms with Crippen LogP contribution in [0.1, 0.15) is 30.0 Å². The monoisotopic (exact) mass is 345 g/mol. The van der Waals surface area contributed by atoms with Crippen molar-refractivity contribution in [1.29, 1.82) is 0 Å². The van der Waals surface area contributed by atoms with Crippen LogP contribution in [-0.2, 0) is 6.54 Å². The summed E-state index contributed by atoms with van der Waals surface area (Å²) >= 11 is 0. The number of nitrogens with one attached hydrogen (secondary N) is 1. The molecule has 1 aliphatic heterocycles. The van der Waals surface area contributed by atoms with Crippen molar-refractivity contribution in [3.63, 3.8) is 0 Å². The summed E-state index contributed by atoms with van der Waals surface area (Å²) in [6.07, 6.45) is 4.05. The lowest BCUT2D eigenvalue weighted by atomic mass is 9.94. The molecule has 3 nitrogen and oxygen atoms in total. The Labute approximate surface area is 147 Å². The number of hydrogen-bond donors (Lipinski definition) is 1. The van der Waals surface area contributed by atoms with E-state index in [0.717, 1.165) is 37.0 Å². The van der Waals surface area contributed by atoms with Gasteiger partial charge in [-0.05, 0) is 50.2 Å². The van der Waals surface area contributed by atoms with Gasteiger partial charge in [0.25, 0.3) is 0 Å². The molecule has 3 heterocycles. The first-order valence-electron chi connectivity index (χ1n) is 8.21. The molecule has 4 rings (SSSR count). The van der Waals surface area contributed by atoms with Gasteiger partial charge in [0.2, 0.25) is 0 Å². The first kappa shape index (κ1) is 16.9. The van der Waals surface area contributed by atoms with Gasteiger partial charge in [-0.15, -0.1) is 12.4 Å². The Morgan fingerprint density at radius 2 is 1.92 bits per heavy atom. The Hall–Kier alpha value is -1.91. The van der Waals surface area contributed by atoms with Crippen molar-refractivity contribution in [2.45, 2.75) is 25.3 Å². The van der Waals surface area contributed by atoms with Crippen LogP contribution in [0.15, 0.2) is 48.7 Å². The molecule has 1 fully saturated rings. The molecule has 0 radical (unpaired) electrons. The molecule has 3 aromatic rings. The molecule has 0 atom stereocenters. The van der Waals surface area contributed by atoms with E-state index in [1.807, 2.05) is 24.4 Å². The standard InChI is InChI=1S/C19H20FN3.ClH/c20-17-6-2-1-4-16(17)13-23-18(14-7-10-21-11-8-14)12-15-5-3-9-22-19(15)23;/h1-6,9,12,14,21H,7-8,10-11,13H2;1H. The van der Waals surface area contributed by atoms with Crippen molar-refractivity contribution in [2.75, 3.05) is 13.1 Å². The van der Waals surface area contributed by atoms with Crippen LogP contribution in [0.4, 0.5) is 4.39 Å². The summed E-state index contributed by atoms with van der Waals surface area (Å²) in [5.41, 5.74) is 2.94. The lowest BCUT2D eigenvalue weighted by molar-refractivity contribution is 0.442. The molecule has 5 heteroatoms. The van der Waals surface area contributed by atoms with Crippen molar-refractivity contribution in [3.8, 4) is 0 Å². The van der Waals surface area contributed by atoms with Crippen molar-refractivity contribution in [2.24, 2.45) is 0 Å². The maximum atomic E-state index is 14.1. The molecule has 1 aliphatic rings. The largest absolute Gasteiger partial charge is 0.325 e. The molecule has 2 aromatic heterocycles. The zero-order chi connectivity index (χ0) is 15.6. The number of fused-ring (bicyclic) bond motifs is 1. The predicted molar refractivity (Wildman–Crippen MR) is 97.3 cm³/mol. The molecule has 0 unspecified atom stereocenters. The number of aromatic nitrogens is 2. The van der Waals surface area contributed by atoms with E-state index in [1.165, 1.54) is 11.8 Å². The highest BCUT2D eigenvalue weighted by Gasteiger charge is 2.21. The molecule has 1 saturated heterocycles. The second-order valence-corrected chi connectivity index (χ2v) is 6.19. The molecular formula is C19H21ClFN3. The number of nitrogens with zero attached hydrogens (tertiary/aromatic N) is 2. The number of benzene rings is 1. The SMILES string of the molecule is Cl.Fc1ccccc1Cn1c(C2CCNCC2)cc2cccnc21. The van der Waals surface area contributed by atoms with Gasteiger partial charge in [-0.3, -0.25) is 0 Å². The summed E-state index contributed by atoms with van der Waals surface area (Å²) in [7, 11) is 0. The first-order valence-corrected chi connectivity index (χ1v) is 8.21. The molecule has 126 valence electrons. The minimum atomic E-state index is -0.151. The van der Waals surface area contributed by atoms with Gasteiger partial charge in [0.15, 0.2) is 0 Å². The van der Waals surface area contributed by atoms with Crippen molar-refractivity contribution in [1.82, 2.24) is 14.9 Å². The molecule has 0 aliphatic carbocycles. The van der Waals surface area contributed by atoms with Crippen LogP contribution in [0.25, 0.3) is 11.0 Å². The Bertz CT molecular complexity index is 824. The van der Waals surface area contributed by atoms with Gasteiger partial charge in [-0.1, -0.05) is 18.2 Å². The lowest BCUT2D eigenvalue weighted by Gasteiger charge is -2.24. The second kappa shape index (κ2) is 7.32. The molecule has 0 saturated carbocycles. The molecule has 1 N–H and O–H groups in total. The predicted octanol–water partition coefficient (Wildman–Crippen LogP) is 4.11. The van der Waals surface area contributed by atoms with E-state index in [4.69, 9.17) is 0 Å². The van der Waals surface area contributed by atoms with Crippen LogP contribution >= 0.6 is 12.4 Å². The quantitative estimate of drug-likeness (QED) is 0.774. The summed E-state index contributed by atoms with van der Waals surface area (Å²) in [5, 5.41) is 4.55. The maximum Gasteiger partial charge on any atom is 0.140 e. The lowest BCUT2D eigenvalue weighted by Crippen LogP contribution is -2.27. The van der Waals surface area contributed by atoms with Crippen LogP contribution in [0, 0.1) is 5.82 Å². The summed E-state index contributed by atoms with van der Waals surface area (Å²) in [6.45, 7) is 2.62. The van der Waals surface area contributed by atoms with Gasteiger partial charge < -0.3 is 9.88 Å². The first-order chi connectivity index (χ1) is 11.3. The fourth-order valence-corrected chi connectivity index (χ4v) is 3.53. The Morgan fingerprint density at radius 3 is 2.71 bits per heavy atom. The highest BCUT2D eigenvalue weighted by molar-refractivity contribution is 5.85. The van der Waals surface area contributed by atoms with Crippen LogP contribution in [0.3, 0.4) is 0 Å². The Kier molecular flexibility index (Phi) is 5.17. The molecule has 24 heavy (non-hydrogen) atoms. The highest BCUT2D eigenvalue weighted by Crippen LogP contribution is 2.31. The van der Waals surface area contributed by atoms with E-state index in [9.17, 15) is 4.39 Å². The van der Waals surface area contributed by atoms with Crippen molar-refractivity contribution < 1.29 is 4.39 Å². The van der Waals surface area contributed by atoms with Gasteiger partial charge in [0, 0.05) is 28.8 Å². The average molecular weight is 346 g/mol. The number of pyridine rings is 1. The van der Waals surface area contributed by atoms with Crippen LogP contribution in [-0.4, -0.2) is 22.6 Å². The number of piperidine rings is 1. The zero-order valence-electron chi connectivity index (χ0n) is 13.4. The van der Waals surface area contributed by atoms with E-state index in [2.05, 4.69) is 27.0 Å². The summed E-state index contributed by atoms with van der Waals surface area (Å²) < 4.78 is 16.3. The van der Waals surface area contributed by atoms with Gasteiger partial charge in [-0.2, -0.15) is 0 Å². The summed E-state index contributed by atoms with van der Waals surface area (Å²) in [4.78, 5) is 4.55. The number of rotatable bonds is 3. The molecule has 0 spiro atoms. The van der Waals surface area contributed by atoms with Gasteiger partial charge >= 0.3 is 0 Å². The normalized spacial score (nSPS) is 15.4. The fourth-order valence-electron chi connectivity index (χ4n) is 3.53. The minimum absolute atomic E-state index is 0. The van der Waals surface area contributed by atoms with Crippen molar-refractivity contribution in [3.05, 3.63) is 65.7 Å². The van der Waals surface area contributed by atoms with E-state index >= 15 is 0 Å². The average Bonchev–Trinajstić information content (AvgIpc) is 2.96.